The summed E-state index contributed by atoms with van der Waals surface area (Å²) >= 11 is 0. The van der Waals surface area contributed by atoms with E-state index in [1.54, 1.807) is 12.5 Å². The molecular weight excluding hydrogens is 150 g/mol. The van der Waals surface area contributed by atoms with Crippen LogP contribution in [0, 0.1) is 6.42 Å². The van der Waals surface area contributed by atoms with Crippen molar-refractivity contribution in [2.45, 2.75) is 0 Å². The molecule has 0 amide bonds. The van der Waals surface area contributed by atoms with Gasteiger partial charge in [0, 0.05) is 6.20 Å². The highest BCUT2D eigenvalue weighted by Gasteiger charge is 1.99. The van der Waals surface area contributed by atoms with Crippen LogP contribution in [0.4, 0.5) is 0 Å². The SMILES string of the molecule is [C](c1ccccn1)c1ccco1. The molecule has 0 fully saturated rings. The molecule has 0 spiro atoms. The van der Waals surface area contributed by atoms with E-state index in [1.807, 2.05) is 30.3 Å². The first-order valence-electron chi connectivity index (χ1n) is 3.67. The lowest BCUT2D eigenvalue weighted by Gasteiger charge is -1.93. The van der Waals surface area contributed by atoms with Gasteiger partial charge >= 0.3 is 0 Å². The lowest BCUT2D eigenvalue weighted by Crippen LogP contribution is -1.85. The average molecular weight is 157 g/mol. The molecule has 2 heteroatoms. The molecule has 0 saturated carbocycles. The van der Waals surface area contributed by atoms with Crippen molar-refractivity contribution in [3.05, 3.63) is 60.7 Å². The average Bonchev–Trinajstić information content (AvgIpc) is 2.59. The standard InChI is InChI=1S/C10H7NO/c1-2-6-11-9(4-1)8-10-5-3-7-12-10/h1-7H. The van der Waals surface area contributed by atoms with Gasteiger partial charge in [-0.2, -0.15) is 0 Å². The van der Waals surface area contributed by atoms with Crippen LogP contribution in [0.15, 0.2) is 47.2 Å². The molecule has 12 heavy (non-hydrogen) atoms. The molecule has 0 atom stereocenters. The third kappa shape index (κ3) is 1.53. The largest absolute Gasteiger partial charge is 0.468 e. The zero-order valence-corrected chi connectivity index (χ0v) is 6.40. The van der Waals surface area contributed by atoms with E-state index < -0.39 is 0 Å². The molecule has 2 rings (SSSR count). The lowest BCUT2D eigenvalue weighted by atomic mass is 10.2. The maximum Gasteiger partial charge on any atom is 0.118 e. The van der Waals surface area contributed by atoms with Crippen molar-refractivity contribution in [3.63, 3.8) is 0 Å². The van der Waals surface area contributed by atoms with Crippen LogP contribution in [0.5, 0.6) is 0 Å². The van der Waals surface area contributed by atoms with Crippen molar-refractivity contribution in [1.82, 2.24) is 4.98 Å². The summed E-state index contributed by atoms with van der Waals surface area (Å²) in [6.07, 6.45) is 6.35. The molecule has 0 unspecified atom stereocenters. The molecule has 0 bridgehead atoms. The van der Waals surface area contributed by atoms with Crippen LogP contribution in [0.3, 0.4) is 0 Å². The topological polar surface area (TPSA) is 26.0 Å². The normalized spacial score (nSPS) is 10.0. The summed E-state index contributed by atoms with van der Waals surface area (Å²) in [6.45, 7) is 0. The maximum absolute atomic E-state index is 5.09. The van der Waals surface area contributed by atoms with Gasteiger partial charge in [-0.25, -0.2) is 0 Å². The first-order chi connectivity index (χ1) is 5.95. The predicted molar refractivity (Wildman–Crippen MR) is 44.4 cm³/mol. The third-order valence-electron chi connectivity index (χ3n) is 1.44. The van der Waals surface area contributed by atoms with Gasteiger partial charge in [-0.3, -0.25) is 4.98 Å². The molecule has 2 aromatic heterocycles. The van der Waals surface area contributed by atoms with Gasteiger partial charge < -0.3 is 4.42 Å². The van der Waals surface area contributed by atoms with Gasteiger partial charge in [0.15, 0.2) is 0 Å². The van der Waals surface area contributed by atoms with Crippen LogP contribution < -0.4 is 0 Å². The van der Waals surface area contributed by atoms with Crippen molar-refractivity contribution in [2.24, 2.45) is 0 Å². The second-order valence-corrected chi connectivity index (χ2v) is 2.32. The van der Waals surface area contributed by atoms with E-state index in [0.717, 1.165) is 5.69 Å². The van der Waals surface area contributed by atoms with Crippen LogP contribution >= 0.6 is 0 Å². The van der Waals surface area contributed by atoms with E-state index in [2.05, 4.69) is 11.4 Å². The van der Waals surface area contributed by atoms with E-state index in [9.17, 15) is 0 Å². The molecule has 0 saturated heterocycles. The Hall–Kier alpha value is -1.57. The molecule has 2 aromatic rings. The van der Waals surface area contributed by atoms with Crippen molar-refractivity contribution < 1.29 is 4.42 Å². The summed E-state index contributed by atoms with van der Waals surface area (Å²) < 4.78 is 5.09. The van der Waals surface area contributed by atoms with Crippen LogP contribution in [-0.2, 0) is 0 Å². The van der Waals surface area contributed by atoms with E-state index in [4.69, 9.17) is 4.42 Å². The fourth-order valence-electron chi connectivity index (χ4n) is 0.913. The molecule has 2 nitrogen and oxygen atoms in total. The number of hydrogen-bond donors (Lipinski definition) is 0. The first-order valence-corrected chi connectivity index (χ1v) is 3.67. The number of aromatic nitrogens is 1. The first kappa shape index (κ1) is 7.10. The quantitative estimate of drug-likeness (QED) is 0.667. The van der Waals surface area contributed by atoms with Crippen molar-refractivity contribution in [3.8, 4) is 0 Å². The molecule has 0 N–H and O–H groups in total. The minimum Gasteiger partial charge on any atom is -0.468 e. The summed E-state index contributed by atoms with van der Waals surface area (Å²) in [5.74, 6) is 0.703. The number of nitrogens with zero attached hydrogens (tertiary/aromatic N) is 1. The van der Waals surface area contributed by atoms with Gasteiger partial charge in [-0.05, 0) is 24.3 Å². The van der Waals surface area contributed by atoms with Crippen molar-refractivity contribution in [1.29, 1.82) is 0 Å². The minimum absolute atomic E-state index is 0.703. The van der Waals surface area contributed by atoms with E-state index in [0.29, 0.717) is 5.76 Å². The minimum atomic E-state index is 0.703. The molecule has 0 aliphatic carbocycles. The van der Waals surface area contributed by atoms with Crippen LogP contribution in [0.25, 0.3) is 0 Å². The highest BCUT2D eigenvalue weighted by molar-refractivity contribution is 5.24. The fourth-order valence-corrected chi connectivity index (χ4v) is 0.913. The van der Waals surface area contributed by atoms with Crippen LogP contribution in [-0.4, -0.2) is 4.98 Å². The Morgan fingerprint density at radius 3 is 2.83 bits per heavy atom. The molecule has 2 heterocycles. The van der Waals surface area contributed by atoms with E-state index >= 15 is 0 Å². The van der Waals surface area contributed by atoms with Gasteiger partial charge in [0.05, 0.1) is 12.0 Å². The Balaban J connectivity index is 2.15. The Labute approximate surface area is 70.9 Å². The van der Waals surface area contributed by atoms with Crippen molar-refractivity contribution in [2.75, 3.05) is 0 Å². The van der Waals surface area contributed by atoms with Gasteiger partial charge in [0.2, 0.25) is 0 Å². The second-order valence-electron chi connectivity index (χ2n) is 2.32. The Kier molecular flexibility index (Phi) is 1.90. The monoisotopic (exact) mass is 157 g/mol. The molecule has 0 aliphatic heterocycles. The number of furan rings is 1. The maximum atomic E-state index is 5.09. The van der Waals surface area contributed by atoms with Crippen LogP contribution in [0.2, 0.25) is 0 Å². The third-order valence-corrected chi connectivity index (χ3v) is 1.44. The zero-order chi connectivity index (χ0) is 8.23. The van der Waals surface area contributed by atoms with Crippen molar-refractivity contribution >= 4 is 0 Å². The van der Waals surface area contributed by atoms with Gasteiger partial charge in [0.1, 0.15) is 12.2 Å². The molecule has 2 radical (unpaired) electrons. The highest BCUT2D eigenvalue weighted by atomic mass is 16.3. The zero-order valence-electron chi connectivity index (χ0n) is 6.40. The van der Waals surface area contributed by atoms with E-state index in [-0.39, 0.29) is 0 Å². The summed E-state index contributed by atoms with van der Waals surface area (Å²) in [4.78, 5) is 4.08. The summed E-state index contributed by atoms with van der Waals surface area (Å²) in [6, 6.07) is 9.33. The van der Waals surface area contributed by atoms with Gasteiger partial charge in [-0.1, -0.05) is 6.07 Å². The van der Waals surface area contributed by atoms with Crippen LogP contribution in [0.1, 0.15) is 11.5 Å². The lowest BCUT2D eigenvalue weighted by molar-refractivity contribution is 0.542. The Morgan fingerprint density at radius 2 is 2.17 bits per heavy atom. The number of hydrogen-bond acceptors (Lipinski definition) is 2. The Bertz CT molecular complexity index is 326. The Morgan fingerprint density at radius 1 is 1.17 bits per heavy atom. The molecule has 0 aromatic carbocycles. The molecule has 58 valence electrons. The predicted octanol–water partition coefficient (Wildman–Crippen LogP) is 2.15. The molecular formula is C10H7NO. The smallest absolute Gasteiger partial charge is 0.118 e. The summed E-state index contributed by atoms with van der Waals surface area (Å²) in [7, 11) is 0. The van der Waals surface area contributed by atoms with Gasteiger partial charge in [0.25, 0.3) is 0 Å². The second kappa shape index (κ2) is 3.22. The molecule has 0 aliphatic rings. The van der Waals surface area contributed by atoms with E-state index in [1.165, 1.54) is 0 Å². The summed E-state index contributed by atoms with van der Waals surface area (Å²) in [5.41, 5.74) is 0.785. The fraction of sp³-hybridized carbons (Fsp3) is 0. The van der Waals surface area contributed by atoms with Gasteiger partial charge in [-0.15, -0.1) is 0 Å². The number of pyridine rings is 1. The highest BCUT2D eigenvalue weighted by Crippen LogP contribution is 2.08. The number of rotatable bonds is 2. The summed E-state index contributed by atoms with van der Waals surface area (Å²) in [5, 5.41) is 0.